The van der Waals surface area contributed by atoms with E-state index in [0.717, 1.165) is 16.3 Å². The van der Waals surface area contributed by atoms with E-state index in [9.17, 15) is 26.7 Å². The van der Waals surface area contributed by atoms with E-state index in [0.29, 0.717) is 38.3 Å². The smallest absolute Gasteiger partial charge is 0.357 e. The van der Waals surface area contributed by atoms with Crippen molar-refractivity contribution in [2.75, 3.05) is 18.4 Å². The molecule has 1 aliphatic heterocycles. The van der Waals surface area contributed by atoms with Gasteiger partial charge in [-0.25, -0.2) is 18.7 Å². The van der Waals surface area contributed by atoms with Crippen LogP contribution in [0.1, 0.15) is 27.9 Å². The quantitative estimate of drug-likeness (QED) is 0.209. The van der Waals surface area contributed by atoms with Crippen LogP contribution in [0.15, 0.2) is 54.6 Å². The van der Waals surface area contributed by atoms with Gasteiger partial charge in [-0.3, -0.25) is 4.79 Å². The zero-order valence-electron chi connectivity index (χ0n) is 20.7. The molecule has 40 heavy (non-hydrogen) atoms. The van der Waals surface area contributed by atoms with Crippen LogP contribution in [-0.4, -0.2) is 39.9 Å². The number of nitrogens with one attached hydrogen (secondary N) is 1. The number of fused-ring (bicyclic) bond motifs is 2. The predicted octanol–water partition coefficient (Wildman–Crippen LogP) is 8.18. The second-order valence-electron chi connectivity index (χ2n) is 9.14. The summed E-state index contributed by atoms with van der Waals surface area (Å²) in [7, 11) is 0. The summed E-state index contributed by atoms with van der Waals surface area (Å²) in [4.78, 5) is 22.6. The average molecular weight is 611 g/mol. The maximum atomic E-state index is 13.3. The molecule has 0 aliphatic carbocycles. The van der Waals surface area contributed by atoms with Gasteiger partial charge in [-0.05, 0) is 61.9 Å². The van der Waals surface area contributed by atoms with Gasteiger partial charge >= 0.3 is 6.18 Å². The molecule has 2 aromatic heterocycles. The summed E-state index contributed by atoms with van der Waals surface area (Å²) in [5, 5.41) is 3.81. The molecule has 0 bridgehead atoms. The molecule has 0 unspecified atom stereocenters. The monoisotopic (exact) mass is 610 g/mol. The molecule has 3 aromatic carbocycles. The Kier molecular flexibility index (Phi) is 7.94. The Morgan fingerprint density at radius 3 is 2.30 bits per heavy atom. The maximum Gasteiger partial charge on any atom is 0.417 e. The van der Waals surface area contributed by atoms with Gasteiger partial charge < -0.3 is 10.2 Å². The number of anilines is 1. The number of nitrogens with zero attached hydrogens (tertiary/aromatic N) is 3. The van der Waals surface area contributed by atoms with Gasteiger partial charge in [-0.1, -0.05) is 34.6 Å². The van der Waals surface area contributed by atoms with Crippen molar-refractivity contribution in [3.05, 3.63) is 87.4 Å². The van der Waals surface area contributed by atoms with Crippen molar-refractivity contribution in [3.8, 4) is 0 Å². The van der Waals surface area contributed by atoms with Gasteiger partial charge in [-0.2, -0.15) is 13.2 Å². The highest BCUT2D eigenvalue weighted by atomic mass is 35.5. The van der Waals surface area contributed by atoms with E-state index in [1.807, 2.05) is 0 Å². The first-order valence-electron chi connectivity index (χ1n) is 12.0. The van der Waals surface area contributed by atoms with Crippen molar-refractivity contribution in [1.82, 2.24) is 14.9 Å². The number of aryl methyl sites for hydroxylation is 1. The number of hydrogen-bond acceptors (Lipinski definition) is 6. The van der Waals surface area contributed by atoms with E-state index in [1.165, 1.54) is 64.0 Å². The standard InChI is InChI=1S/C20H17F4N3OS.C7H3ClFNS/c1-11-2-4-15(20(22,23)24)14(8-11)18(28)27-7-6-13(10-27)25-19-26-16-5-3-12(21)9-17(16)29-19;8-7-10-5-2-1-4(9)3-6(5)11-7/h2-5,8-9,13H,6-7,10H2,1H3,(H,25,26);1-3H/t13-;/m1./s1. The van der Waals surface area contributed by atoms with E-state index in [-0.39, 0.29) is 29.8 Å². The van der Waals surface area contributed by atoms with Crippen LogP contribution in [0.2, 0.25) is 4.47 Å². The van der Waals surface area contributed by atoms with Crippen LogP contribution in [0.4, 0.5) is 27.1 Å². The molecule has 3 heterocycles. The highest BCUT2D eigenvalue weighted by molar-refractivity contribution is 7.22. The van der Waals surface area contributed by atoms with E-state index in [2.05, 4.69) is 15.3 Å². The normalized spacial score (nSPS) is 15.4. The topological polar surface area (TPSA) is 58.1 Å². The van der Waals surface area contributed by atoms with Gasteiger partial charge in [0.05, 0.1) is 31.6 Å². The molecule has 1 atom stereocenters. The molecular weight excluding hydrogens is 591 g/mol. The Bertz CT molecular complexity index is 1700. The number of carbonyl (C=O) groups is 1. The Morgan fingerprint density at radius 1 is 0.975 bits per heavy atom. The summed E-state index contributed by atoms with van der Waals surface area (Å²) in [5.74, 6) is -1.22. The first-order valence-corrected chi connectivity index (χ1v) is 14.0. The Hall–Kier alpha value is -3.35. The Labute approximate surface area is 238 Å². The van der Waals surface area contributed by atoms with Crippen molar-refractivity contribution in [2.45, 2.75) is 25.6 Å². The van der Waals surface area contributed by atoms with Crippen molar-refractivity contribution < 1.29 is 26.7 Å². The van der Waals surface area contributed by atoms with E-state index in [1.54, 1.807) is 19.1 Å². The van der Waals surface area contributed by atoms with Crippen LogP contribution >= 0.6 is 34.3 Å². The van der Waals surface area contributed by atoms with Crippen LogP contribution in [0, 0.1) is 18.6 Å². The van der Waals surface area contributed by atoms with Gasteiger partial charge in [0, 0.05) is 19.1 Å². The SMILES string of the molecule is Cc1ccc(C(F)(F)F)c(C(=O)N2CC[C@@H](Nc3nc4ccc(F)cc4s3)C2)c1.Fc1ccc2nc(Cl)sc2c1. The van der Waals surface area contributed by atoms with Gasteiger partial charge in [0.15, 0.2) is 9.60 Å². The fraction of sp³-hybridized carbons (Fsp3) is 0.222. The van der Waals surface area contributed by atoms with Crippen LogP contribution in [0.3, 0.4) is 0 Å². The van der Waals surface area contributed by atoms with E-state index in [4.69, 9.17) is 11.6 Å². The summed E-state index contributed by atoms with van der Waals surface area (Å²) in [6, 6.07) is 12.2. The summed E-state index contributed by atoms with van der Waals surface area (Å²) in [6.45, 7) is 2.27. The molecule has 13 heteroatoms. The summed E-state index contributed by atoms with van der Waals surface area (Å²) in [5.41, 5.74) is 0.768. The third kappa shape index (κ3) is 6.34. The molecule has 0 saturated carbocycles. The number of likely N-dealkylation sites (tertiary alicyclic amines) is 1. The molecule has 0 spiro atoms. The molecule has 0 radical (unpaired) electrons. The van der Waals surface area contributed by atoms with Gasteiger partial charge in [0.2, 0.25) is 0 Å². The minimum atomic E-state index is -4.59. The van der Waals surface area contributed by atoms with Gasteiger partial charge in [-0.15, -0.1) is 11.3 Å². The summed E-state index contributed by atoms with van der Waals surface area (Å²) >= 11 is 8.20. The highest BCUT2D eigenvalue weighted by Gasteiger charge is 2.37. The first-order chi connectivity index (χ1) is 19.0. The lowest BCUT2D eigenvalue weighted by Gasteiger charge is -2.20. The third-order valence-corrected chi connectivity index (χ3v) is 8.26. The number of thiazole rings is 2. The molecule has 5 nitrogen and oxygen atoms in total. The third-order valence-electron chi connectivity index (χ3n) is 6.19. The number of halogens is 6. The predicted molar refractivity (Wildman–Crippen MR) is 148 cm³/mol. The van der Waals surface area contributed by atoms with Gasteiger partial charge in [0.1, 0.15) is 11.6 Å². The van der Waals surface area contributed by atoms with E-state index >= 15 is 0 Å². The van der Waals surface area contributed by atoms with Crippen LogP contribution in [0.5, 0.6) is 0 Å². The molecule has 1 amide bonds. The fourth-order valence-corrected chi connectivity index (χ4v) is 6.34. The molecule has 1 aliphatic rings. The molecule has 1 fully saturated rings. The second kappa shape index (κ2) is 11.3. The summed E-state index contributed by atoms with van der Waals surface area (Å²) < 4.78 is 67.8. The molecule has 208 valence electrons. The molecule has 1 N–H and O–H groups in total. The first kappa shape index (κ1) is 28.2. The zero-order chi connectivity index (χ0) is 28.6. The maximum absolute atomic E-state index is 13.3. The lowest BCUT2D eigenvalue weighted by molar-refractivity contribution is -0.138. The van der Waals surface area contributed by atoms with Gasteiger partial charge in [0.25, 0.3) is 5.91 Å². The number of amides is 1. The van der Waals surface area contributed by atoms with Crippen molar-refractivity contribution in [3.63, 3.8) is 0 Å². The van der Waals surface area contributed by atoms with Crippen molar-refractivity contribution in [1.29, 1.82) is 0 Å². The largest absolute Gasteiger partial charge is 0.417 e. The zero-order valence-corrected chi connectivity index (χ0v) is 23.1. The molecular formula is C27H20ClF5N4OS2. The number of aromatic nitrogens is 2. The molecule has 1 saturated heterocycles. The van der Waals surface area contributed by atoms with Crippen molar-refractivity contribution >= 4 is 65.7 Å². The Morgan fingerprint density at radius 2 is 1.62 bits per heavy atom. The summed E-state index contributed by atoms with van der Waals surface area (Å²) in [6.07, 6.45) is -4.00. The molecule has 6 rings (SSSR count). The minimum Gasteiger partial charge on any atom is -0.357 e. The minimum absolute atomic E-state index is 0.136. The number of alkyl halides is 3. The fourth-order valence-electron chi connectivity index (χ4n) is 4.32. The average Bonchev–Trinajstić information content (AvgIpc) is 3.60. The number of rotatable bonds is 3. The van der Waals surface area contributed by atoms with Crippen molar-refractivity contribution in [2.24, 2.45) is 0 Å². The number of benzene rings is 3. The lowest BCUT2D eigenvalue weighted by atomic mass is 10.0. The van der Waals surface area contributed by atoms with E-state index < -0.39 is 17.6 Å². The van der Waals surface area contributed by atoms with Crippen LogP contribution in [0.25, 0.3) is 20.4 Å². The highest BCUT2D eigenvalue weighted by Crippen LogP contribution is 2.34. The lowest BCUT2D eigenvalue weighted by Crippen LogP contribution is -2.33. The number of hydrogen-bond donors (Lipinski definition) is 1. The number of carbonyl (C=O) groups excluding carboxylic acids is 1. The second-order valence-corrected chi connectivity index (χ2v) is 11.8. The van der Waals surface area contributed by atoms with Crippen LogP contribution < -0.4 is 5.32 Å². The van der Waals surface area contributed by atoms with Crippen LogP contribution in [-0.2, 0) is 6.18 Å². The molecule has 5 aromatic rings. The Balaban J connectivity index is 0.000000244.